The van der Waals surface area contributed by atoms with Crippen molar-refractivity contribution in [2.75, 3.05) is 31.1 Å². The maximum Gasteiger partial charge on any atom is 0.0966 e. The van der Waals surface area contributed by atoms with Crippen LogP contribution in [0.1, 0.15) is 5.56 Å². The zero-order chi connectivity index (χ0) is 15.5. The second kappa shape index (κ2) is 6.34. The summed E-state index contributed by atoms with van der Waals surface area (Å²) in [4.78, 5) is 13.8. The van der Waals surface area contributed by atoms with Crippen LogP contribution in [0.4, 0.5) is 5.69 Å². The van der Waals surface area contributed by atoms with E-state index in [1.165, 1.54) is 5.56 Å². The van der Waals surface area contributed by atoms with E-state index in [1.54, 1.807) is 0 Å². The van der Waals surface area contributed by atoms with Crippen LogP contribution in [0.5, 0.6) is 0 Å². The number of hydrogen-bond acceptors (Lipinski definition) is 4. The van der Waals surface area contributed by atoms with Crippen LogP contribution in [-0.2, 0) is 6.54 Å². The standard InChI is InChI=1S/C19H20N4/c1-2-5-16(6-3-1)15-22-9-11-23(12-10-22)18-14-20-13-17-7-4-8-21-19(17)18/h1-8,13-14H,9-12,15H2. The van der Waals surface area contributed by atoms with Crippen LogP contribution in [0.25, 0.3) is 10.9 Å². The normalized spacial score (nSPS) is 15.9. The molecule has 3 aromatic rings. The molecule has 4 rings (SSSR count). The highest BCUT2D eigenvalue weighted by molar-refractivity contribution is 5.89. The molecule has 116 valence electrons. The Balaban J connectivity index is 1.47. The van der Waals surface area contributed by atoms with Gasteiger partial charge in [0.2, 0.25) is 0 Å². The van der Waals surface area contributed by atoms with Crippen molar-refractivity contribution in [2.45, 2.75) is 6.54 Å². The summed E-state index contributed by atoms with van der Waals surface area (Å²) in [6.45, 7) is 5.20. The lowest BCUT2D eigenvalue weighted by Gasteiger charge is -2.36. The van der Waals surface area contributed by atoms with E-state index in [9.17, 15) is 0 Å². The number of pyridine rings is 2. The van der Waals surface area contributed by atoms with Crippen molar-refractivity contribution in [3.63, 3.8) is 0 Å². The van der Waals surface area contributed by atoms with Gasteiger partial charge < -0.3 is 4.90 Å². The van der Waals surface area contributed by atoms with Crippen LogP contribution in [0.3, 0.4) is 0 Å². The maximum absolute atomic E-state index is 4.55. The first-order chi connectivity index (χ1) is 11.4. The topological polar surface area (TPSA) is 32.3 Å². The molecule has 4 heteroatoms. The first-order valence-electron chi connectivity index (χ1n) is 8.10. The fraction of sp³-hybridized carbons (Fsp3) is 0.263. The van der Waals surface area contributed by atoms with Crippen molar-refractivity contribution < 1.29 is 0 Å². The Morgan fingerprint density at radius 3 is 2.52 bits per heavy atom. The van der Waals surface area contributed by atoms with Crippen molar-refractivity contribution in [1.82, 2.24) is 14.9 Å². The quantitative estimate of drug-likeness (QED) is 0.745. The van der Waals surface area contributed by atoms with Gasteiger partial charge in [-0.2, -0.15) is 0 Å². The molecule has 0 spiro atoms. The van der Waals surface area contributed by atoms with Gasteiger partial charge in [-0.05, 0) is 17.7 Å². The molecule has 23 heavy (non-hydrogen) atoms. The van der Waals surface area contributed by atoms with Crippen molar-refractivity contribution in [1.29, 1.82) is 0 Å². The summed E-state index contributed by atoms with van der Waals surface area (Å²) in [5, 5.41) is 1.11. The largest absolute Gasteiger partial charge is 0.366 e. The Hall–Kier alpha value is -2.46. The summed E-state index contributed by atoms with van der Waals surface area (Å²) < 4.78 is 0. The van der Waals surface area contributed by atoms with Crippen LogP contribution in [0.15, 0.2) is 61.1 Å². The monoisotopic (exact) mass is 304 g/mol. The smallest absolute Gasteiger partial charge is 0.0966 e. The third kappa shape index (κ3) is 3.03. The van der Waals surface area contributed by atoms with Gasteiger partial charge in [-0.25, -0.2) is 0 Å². The number of aromatic nitrogens is 2. The van der Waals surface area contributed by atoms with Crippen molar-refractivity contribution in [3.8, 4) is 0 Å². The maximum atomic E-state index is 4.55. The van der Waals surface area contributed by atoms with Crippen molar-refractivity contribution >= 4 is 16.6 Å². The molecule has 2 aromatic heterocycles. The number of nitrogens with zero attached hydrogens (tertiary/aromatic N) is 4. The lowest BCUT2D eigenvalue weighted by atomic mass is 10.2. The van der Waals surface area contributed by atoms with Gasteiger partial charge in [-0.15, -0.1) is 0 Å². The van der Waals surface area contributed by atoms with E-state index < -0.39 is 0 Å². The van der Waals surface area contributed by atoms with Crippen LogP contribution >= 0.6 is 0 Å². The van der Waals surface area contributed by atoms with Crippen LogP contribution < -0.4 is 4.90 Å². The van der Waals surface area contributed by atoms with Crippen LogP contribution in [-0.4, -0.2) is 41.0 Å². The van der Waals surface area contributed by atoms with E-state index in [0.717, 1.165) is 49.3 Å². The first kappa shape index (κ1) is 14.2. The third-order valence-electron chi connectivity index (χ3n) is 4.45. The van der Waals surface area contributed by atoms with Gasteiger partial charge >= 0.3 is 0 Å². The minimum Gasteiger partial charge on any atom is -0.366 e. The zero-order valence-corrected chi connectivity index (χ0v) is 13.1. The summed E-state index contributed by atoms with van der Waals surface area (Å²) in [7, 11) is 0. The average molecular weight is 304 g/mol. The van der Waals surface area contributed by atoms with Crippen LogP contribution in [0.2, 0.25) is 0 Å². The van der Waals surface area contributed by atoms with Gasteiger partial charge in [0.25, 0.3) is 0 Å². The molecular weight excluding hydrogens is 284 g/mol. The van der Waals surface area contributed by atoms with Gasteiger partial charge in [-0.3, -0.25) is 14.9 Å². The lowest BCUT2D eigenvalue weighted by Crippen LogP contribution is -2.46. The molecule has 4 nitrogen and oxygen atoms in total. The molecule has 3 heterocycles. The molecule has 0 amide bonds. The van der Waals surface area contributed by atoms with E-state index in [0.29, 0.717) is 0 Å². The van der Waals surface area contributed by atoms with Crippen molar-refractivity contribution in [3.05, 3.63) is 66.6 Å². The zero-order valence-electron chi connectivity index (χ0n) is 13.1. The highest BCUT2D eigenvalue weighted by Gasteiger charge is 2.19. The molecule has 0 bridgehead atoms. The fourth-order valence-electron chi connectivity index (χ4n) is 3.21. The minimum absolute atomic E-state index is 1.02. The van der Waals surface area contributed by atoms with Gasteiger partial charge in [0.05, 0.1) is 17.4 Å². The number of benzene rings is 1. The van der Waals surface area contributed by atoms with Gasteiger partial charge in [-0.1, -0.05) is 30.3 Å². The lowest BCUT2D eigenvalue weighted by molar-refractivity contribution is 0.250. The molecule has 1 saturated heterocycles. The molecule has 1 aliphatic heterocycles. The molecule has 1 aromatic carbocycles. The Morgan fingerprint density at radius 2 is 1.70 bits per heavy atom. The van der Waals surface area contributed by atoms with Gasteiger partial charge in [0.1, 0.15) is 0 Å². The van der Waals surface area contributed by atoms with E-state index in [2.05, 4.69) is 56.2 Å². The molecule has 1 aliphatic rings. The molecule has 0 radical (unpaired) electrons. The fourth-order valence-corrected chi connectivity index (χ4v) is 3.21. The second-order valence-corrected chi connectivity index (χ2v) is 5.98. The predicted molar refractivity (Wildman–Crippen MR) is 93.5 cm³/mol. The summed E-state index contributed by atoms with van der Waals surface area (Å²) >= 11 is 0. The highest BCUT2D eigenvalue weighted by Crippen LogP contribution is 2.24. The minimum atomic E-state index is 1.02. The molecule has 0 saturated carbocycles. The Bertz CT molecular complexity index is 774. The SMILES string of the molecule is c1ccc(CN2CCN(c3cncc4cccnc34)CC2)cc1. The van der Waals surface area contributed by atoms with Crippen LogP contribution in [0, 0.1) is 0 Å². The molecular formula is C19H20N4. The first-order valence-corrected chi connectivity index (χ1v) is 8.10. The third-order valence-corrected chi connectivity index (χ3v) is 4.45. The molecule has 0 N–H and O–H groups in total. The molecule has 1 fully saturated rings. The van der Waals surface area contributed by atoms with E-state index in [-0.39, 0.29) is 0 Å². The Morgan fingerprint density at radius 1 is 0.870 bits per heavy atom. The number of rotatable bonds is 3. The van der Waals surface area contributed by atoms with Crippen molar-refractivity contribution in [2.24, 2.45) is 0 Å². The summed E-state index contributed by atoms with van der Waals surface area (Å²) in [5.74, 6) is 0. The van der Waals surface area contributed by atoms with E-state index in [1.807, 2.05) is 24.7 Å². The summed E-state index contributed by atoms with van der Waals surface area (Å²) in [5.41, 5.74) is 3.59. The average Bonchev–Trinajstić information content (AvgIpc) is 2.63. The number of anilines is 1. The van der Waals surface area contributed by atoms with Gasteiger partial charge in [0, 0.05) is 50.5 Å². The Labute approximate surface area is 136 Å². The summed E-state index contributed by atoms with van der Waals surface area (Å²) in [6, 6.07) is 14.7. The second-order valence-electron chi connectivity index (χ2n) is 5.98. The molecule has 0 atom stereocenters. The number of fused-ring (bicyclic) bond motifs is 1. The Kier molecular flexibility index (Phi) is 3.90. The number of piperazine rings is 1. The van der Waals surface area contributed by atoms with E-state index >= 15 is 0 Å². The predicted octanol–water partition coefficient (Wildman–Crippen LogP) is 2.95. The highest BCUT2D eigenvalue weighted by atomic mass is 15.3. The van der Waals surface area contributed by atoms with Gasteiger partial charge in [0.15, 0.2) is 0 Å². The van der Waals surface area contributed by atoms with E-state index in [4.69, 9.17) is 0 Å². The number of hydrogen-bond donors (Lipinski definition) is 0. The molecule has 0 aliphatic carbocycles. The molecule has 0 unspecified atom stereocenters. The summed E-state index contributed by atoms with van der Waals surface area (Å²) in [6.07, 6.45) is 5.69.